The van der Waals surface area contributed by atoms with Gasteiger partial charge in [-0.15, -0.1) is 0 Å². The predicted molar refractivity (Wildman–Crippen MR) is 129 cm³/mol. The van der Waals surface area contributed by atoms with E-state index in [1.807, 2.05) is 19.9 Å². The number of halogens is 1. The topological polar surface area (TPSA) is 96.0 Å². The zero-order valence-corrected chi connectivity index (χ0v) is 20.7. The van der Waals surface area contributed by atoms with E-state index in [-0.39, 0.29) is 42.1 Å². The Balaban J connectivity index is 1.54. The zero-order valence-electron chi connectivity index (χ0n) is 19.2. The average molecular weight is 506 g/mol. The number of fused-ring (bicyclic) bond motifs is 1. The van der Waals surface area contributed by atoms with Crippen molar-refractivity contribution in [2.45, 2.75) is 31.7 Å². The number of amides is 2. The molecule has 34 heavy (non-hydrogen) atoms. The summed E-state index contributed by atoms with van der Waals surface area (Å²) in [5, 5.41) is 3.29. The number of ether oxygens (including phenoxy) is 1. The molecule has 182 valence electrons. The molecule has 0 aromatic heterocycles. The van der Waals surface area contributed by atoms with Gasteiger partial charge < -0.3 is 10.1 Å². The number of anilines is 1. The Kier molecular flexibility index (Phi) is 7.16. The maximum atomic E-state index is 13.4. The first-order chi connectivity index (χ1) is 16.1. The Morgan fingerprint density at radius 3 is 2.56 bits per heavy atom. The highest BCUT2D eigenvalue weighted by atomic mass is 35.5. The van der Waals surface area contributed by atoms with Crippen LogP contribution in [0.1, 0.15) is 25.8 Å². The van der Waals surface area contributed by atoms with E-state index in [1.54, 1.807) is 24.3 Å². The maximum absolute atomic E-state index is 13.4. The number of nitrogens with zero attached hydrogens (tertiary/aromatic N) is 2. The van der Waals surface area contributed by atoms with Crippen LogP contribution in [-0.2, 0) is 26.2 Å². The number of hydrogen-bond donors (Lipinski definition) is 1. The van der Waals surface area contributed by atoms with Crippen LogP contribution in [0.5, 0.6) is 5.75 Å². The fraction of sp³-hybridized carbons (Fsp3) is 0.417. The van der Waals surface area contributed by atoms with Crippen molar-refractivity contribution in [1.82, 2.24) is 9.62 Å². The number of nitrogens with one attached hydrogen (secondary N) is 1. The lowest BCUT2D eigenvalue weighted by Crippen LogP contribution is -2.45. The van der Waals surface area contributed by atoms with Crippen LogP contribution in [0.25, 0.3) is 0 Å². The molecule has 2 aromatic rings. The molecule has 0 unspecified atom stereocenters. The van der Waals surface area contributed by atoms with Crippen molar-refractivity contribution in [3.05, 3.63) is 53.1 Å². The van der Waals surface area contributed by atoms with E-state index in [1.165, 1.54) is 21.3 Å². The Morgan fingerprint density at radius 2 is 1.85 bits per heavy atom. The van der Waals surface area contributed by atoms with Gasteiger partial charge in [-0.3, -0.25) is 14.5 Å². The fourth-order valence-electron chi connectivity index (χ4n) is 4.50. The summed E-state index contributed by atoms with van der Waals surface area (Å²) in [5.41, 5.74) is 1.02. The second-order valence-corrected chi connectivity index (χ2v) is 11.4. The number of piperidine rings is 1. The Morgan fingerprint density at radius 1 is 1.15 bits per heavy atom. The molecule has 10 heteroatoms. The second-order valence-electron chi connectivity index (χ2n) is 9.03. The highest BCUT2D eigenvalue weighted by molar-refractivity contribution is 7.89. The largest absolute Gasteiger partial charge is 0.482 e. The van der Waals surface area contributed by atoms with E-state index >= 15 is 0 Å². The van der Waals surface area contributed by atoms with Crippen molar-refractivity contribution in [2.24, 2.45) is 11.8 Å². The van der Waals surface area contributed by atoms with Gasteiger partial charge in [0, 0.05) is 24.7 Å². The molecule has 0 bridgehead atoms. The Hall–Kier alpha value is -2.62. The lowest BCUT2D eigenvalue weighted by molar-refractivity contribution is -0.125. The second kappa shape index (κ2) is 9.93. The van der Waals surface area contributed by atoms with Crippen LogP contribution in [0.15, 0.2) is 47.4 Å². The van der Waals surface area contributed by atoms with Crippen LogP contribution in [0.3, 0.4) is 0 Å². The van der Waals surface area contributed by atoms with Crippen LogP contribution < -0.4 is 15.0 Å². The summed E-state index contributed by atoms with van der Waals surface area (Å²) in [5.74, 6) is 0.0693. The molecule has 2 aliphatic heterocycles. The monoisotopic (exact) mass is 505 g/mol. The molecular formula is C24H28ClN3O5S. The summed E-state index contributed by atoms with van der Waals surface area (Å²) < 4.78 is 33.7. The molecule has 1 saturated heterocycles. The number of carbonyl (C=O) groups is 2. The molecule has 0 radical (unpaired) electrons. The van der Waals surface area contributed by atoms with Crippen molar-refractivity contribution in [1.29, 1.82) is 0 Å². The molecule has 8 nitrogen and oxygen atoms in total. The minimum atomic E-state index is -3.76. The molecule has 1 fully saturated rings. The first-order valence-corrected chi connectivity index (χ1v) is 13.0. The number of hydrogen-bond acceptors (Lipinski definition) is 5. The van der Waals surface area contributed by atoms with E-state index in [2.05, 4.69) is 5.32 Å². The van der Waals surface area contributed by atoms with Crippen molar-refractivity contribution >= 4 is 39.1 Å². The summed E-state index contributed by atoms with van der Waals surface area (Å²) >= 11 is 6.14. The van der Waals surface area contributed by atoms with E-state index in [0.29, 0.717) is 23.9 Å². The van der Waals surface area contributed by atoms with Gasteiger partial charge in [0.05, 0.1) is 10.6 Å². The number of rotatable bonds is 6. The Bertz CT molecular complexity index is 1190. The number of benzene rings is 2. The van der Waals surface area contributed by atoms with Crippen LogP contribution in [0, 0.1) is 11.8 Å². The predicted octanol–water partition coefficient (Wildman–Crippen LogP) is 3.05. The molecule has 1 N–H and O–H groups in total. The van der Waals surface area contributed by atoms with Gasteiger partial charge in [-0.05, 0) is 48.1 Å². The zero-order chi connectivity index (χ0) is 24.5. The smallest absolute Gasteiger partial charge is 0.265 e. The van der Waals surface area contributed by atoms with Crippen LogP contribution >= 0.6 is 11.6 Å². The van der Waals surface area contributed by atoms with Gasteiger partial charge in [0.25, 0.3) is 5.91 Å². The molecule has 2 amide bonds. The maximum Gasteiger partial charge on any atom is 0.265 e. The van der Waals surface area contributed by atoms with Crippen LogP contribution in [0.4, 0.5) is 5.69 Å². The lowest BCUT2D eigenvalue weighted by Gasteiger charge is -2.34. The molecule has 2 aliphatic rings. The summed E-state index contributed by atoms with van der Waals surface area (Å²) in [6.07, 6.45) is 0.982. The van der Waals surface area contributed by atoms with Gasteiger partial charge in [0.1, 0.15) is 12.3 Å². The van der Waals surface area contributed by atoms with E-state index in [4.69, 9.17) is 16.3 Å². The summed E-state index contributed by atoms with van der Waals surface area (Å²) in [6, 6.07) is 11.6. The minimum absolute atomic E-state index is 0.0762. The van der Waals surface area contributed by atoms with E-state index in [0.717, 1.165) is 12.0 Å². The summed E-state index contributed by atoms with van der Waals surface area (Å²) in [7, 11) is -3.76. The molecule has 2 heterocycles. The molecule has 2 aromatic carbocycles. The molecule has 4 rings (SSSR count). The molecule has 2 atom stereocenters. The van der Waals surface area contributed by atoms with E-state index < -0.39 is 21.8 Å². The summed E-state index contributed by atoms with van der Waals surface area (Å²) in [6.45, 7) is 4.71. The number of carbonyl (C=O) groups excluding carboxylic acids is 2. The highest BCUT2D eigenvalue weighted by Gasteiger charge is 2.34. The van der Waals surface area contributed by atoms with Gasteiger partial charge in [0.2, 0.25) is 15.9 Å². The van der Waals surface area contributed by atoms with Gasteiger partial charge in [-0.25, -0.2) is 8.42 Å². The first-order valence-electron chi connectivity index (χ1n) is 11.2. The normalized spacial score (nSPS) is 21.0. The lowest BCUT2D eigenvalue weighted by atomic mass is 9.94. The van der Waals surface area contributed by atoms with Crippen LogP contribution in [0.2, 0.25) is 5.02 Å². The van der Waals surface area contributed by atoms with Crippen LogP contribution in [-0.4, -0.2) is 50.8 Å². The third-order valence-electron chi connectivity index (χ3n) is 6.08. The van der Waals surface area contributed by atoms with Gasteiger partial charge >= 0.3 is 0 Å². The number of sulfonamides is 1. The fourth-order valence-corrected chi connectivity index (χ4v) is 6.40. The average Bonchev–Trinajstić information content (AvgIpc) is 2.79. The van der Waals surface area contributed by atoms with Crippen molar-refractivity contribution in [2.75, 3.05) is 31.1 Å². The highest BCUT2D eigenvalue weighted by Crippen LogP contribution is 2.36. The minimum Gasteiger partial charge on any atom is -0.482 e. The third kappa shape index (κ3) is 5.21. The van der Waals surface area contributed by atoms with E-state index in [9.17, 15) is 18.0 Å². The van der Waals surface area contributed by atoms with Crippen molar-refractivity contribution < 1.29 is 22.7 Å². The van der Waals surface area contributed by atoms with Crippen molar-refractivity contribution in [3.63, 3.8) is 0 Å². The molecular weight excluding hydrogens is 478 g/mol. The Labute approximate surface area is 204 Å². The molecule has 0 aliphatic carbocycles. The first kappa shape index (κ1) is 24.5. The third-order valence-corrected chi connectivity index (χ3v) is 8.28. The van der Waals surface area contributed by atoms with Gasteiger partial charge in [0.15, 0.2) is 6.61 Å². The molecule has 0 spiro atoms. The molecule has 0 saturated carbocycles. The SMILES string of the molecule is C[C@@H]1C[C@H](C)CN(S(=O)(=O)c2ccc3c(c2)N(CC(=O)NCc2ccccc2Cl)C(=O)CO3)C1. The quantitative estimate of drug-likeness (QED) is 0.651. The standard InChI is InChI=1S/C24H28ClN3O5S/c1-16-9-17(2)13-27(12-16)34(31,32)19-7-8-22-21(10-19)28(24(30)15-33-22)14-23(29)26-11-18-5-3-4-6-20(18)25/h3-8,10,16-17H,9,11-15H2,1-2H3,(H,26,29)/t16-,17+. The van der Waals surface area contributed by atoms with Gasteiger partial charge in [-0.1, -0.05) is 43.6 Å². The van der Waals surface area contributed by atoms with Crippen molar-refractivity contribution in [3.8, 4) is 5.75 Å². The van der Waals surface area contributed by atoms with Gasteiger partial charge in [-0.2, -0.15) is 4.31 Å². The summed E-state index contributed by atoms with van der Waals surface area (Å²) in [4.78, 5) is 26.6.